The molecule has 1 heterocycles. The highest BCUT2D eigenvalue weighted by Crippen LogP contribution is 2.27. The number of hydrogen-bond donors (Lipinski definition) is 1. The topological polar surface area (TPSA) is 29.9 Å². The molecule has 18 heavy (non-hydrogen) atoms. The van der Waals surface area contributed by atoms with Crippen molar-refractivity contribution in [3.05, 3.63) is 51.8 Å². The number of halogens is 1. The van der Waals surface area contributed by atoms with Crippen LogP contribution in [0.1, 0.15) is 29.8 Å². The summed E-state index contributed by atoms with van der Waals surface area (Å²) in [6.07, 6.45) is 2.90. The minimum absolute atomic E-state index is 0.151. The Morgan fingerprint density at radius 2 is 2.00 bits per heavy atom. The number of benzene rings is 1. The van der Waals surface area contributed by atoms with Gasteiger partial charge in [0.05, 0.1) is 22.4 Å². The molecule has 1 N–H and O–H groups in total. The van der Waals surface area contributed by atoms with Gasteiger partial charge in [-0.1, -0.05) is 31.2 Å². The minimum Gasteiger partial charge on any atom is -0.308 e. The summed E-state index contributed by atoms with van der Waals surface area (Å²) in [4.78, 5) is 0. The van der Waals surface area contributed by atoms with Crippen LogP contribution < -0.4 is 5.32 Å². The van der Waals surface area contributed by atoms with Gasteiger partial charge in [0, 0.05) is 7.05 Å². The molecule has 0 radical (unpaired) electrons. The number of aromatic nitrogens is 2. The SMILES string of the molecule is CCc1ccc(C(NC)c2c(Br)cnn2C)cc1. The van der Waals surface area contributed by atoms with Crippen LogP contribution in [0.4, 0.5) is 0 Å². The van der Waals surface area contributed by atoms with Crippen LogP contribution in [0.15, 0.2) is 34.9 Å². The standard InChI is InChI=1S/C14H18BrN3/c1-4-10-5-7-11(8-6-10)13(16-2)14-12(15)9-17-18(14)3/h5-9,13,16H,4H2,1-3H3. The van der Waals surface area contributed by atoms with E-state index in [1.54, 1.807) is 0 Å². The molecule has 1 aromatic heterocycles. The Balaban J connectivity index is 2.39. The van der Waals surface area contributed by atoms with E-state index in [1.165, 1.54) is 11.1 Å². The largest absolute Gasteiger partial charge is 0.308 e. The summed E-state index contributed by atoms with van der Waals surface area (Å²) >= 11 is 3.56. The zero-order valence-corrected chi connectivity index (χ0v) is 12.5. The average molecular weight is 308 g/mol. The van der Waals surface area contributed by atoms with E-state index < -0.39 is 0 Å². The van der Waals surface area contributed by atoms with Crippen LogP contribution >= 0.6 is 15.9 Å². The second-order valence-corrected chi connectivity index (χ2v) is 5.17. The average Bonchev–Trinajstić information content (AvgIpc) is 2.72. The van der Waals surface area contributed by atoms with E-state index >= 15 is 0 Å². The number of nitrogens with zero attached hydrogens (tertiary/aromatic N) is 2. The van der Waals surface area contributed by atoms with Gasteiger partial charge in [0.1, 0.15) is 0 Å². The van der Waals surface area contributed by atoms with E-state index in [0.717, 1.165) is 16.6 Å². The van der Waals surface area contributed by atoms with E-state index in [9.17, 15) is 0 Å². The van der Waals surface area contributed by atoms with Gasteiger partial charge in [-0.3, -0.25) is 4.68 Å². The molecule has 0 saturated carbocycles. The summed E-state index contributed by atoms with van der Waals surface area (Å²) in [5.41, 5.74) is 3.75. The summed E-state index contributed by atoms with van der Waals surface area (Å²) in [6.45, 7) is 2.17. The van der Waals surface area contributed by atoms with Gasteiger partial charge in [0.15, 0.2) is 0 Å². The maximum absolute atomic E-state index is 4.27. The number of hydrogen-bond acceptors (Lipinski definition) is 2. The lowest BCUT2D eigenvalue weighted by atomic mass is 10.0. The molecule has 0 saturated heterocycles. The molecular weight excluding hydrogens is 290 g/mol. The van der Waals surface area contributed by atoms with Gasteiger partial charge < -0.3 is 5.32 Å². The van der Waals surface area contributed by atoms with Gasteiger partial charge in [0.2, 0.25) is 0 Å². The number of nitrogens with one attached hydrogen (secondary N) is 1. The second-order valence-electron chi connectivity index (χ2n) is 4.32. The summed E-state index contributed by atoms with van der Waals surface area (Å²) in [6, 6.07) is 8.88. The van der Waals surface area contributed by atoms with E-state index in [1.807, 2.05) is 25.0 Å². The third kappa shape index (κ3) is 2.49. The fourth-order valence-corrected chi connectivity index (χ4v) is 2.73. The molecule has 1 unspecified atom stereocenters. The molecule has 0 bridgehead atoms. The minimum atomic E-state index is 0.151. The molecule has 4 heteroatoms. The summed E-state index contributed by atoms with van der Waals surface area (Å²) < 4.78 is 2.93. The Hall–Kier alpha value is -1.13. The highest BCUT2D eigenvalue weighted by Gasteiger charge is 2.18. The van der Waals surface area contributed by atoms with Gasteiger partial charge >= 0.3 is 0 Å². The van der Waals surface area contributed by atoms with Crippen LogP contribution in [0.25, 0.3) is 0 Å². The van der Waals surface area contributed by atoms with Crippen molar-refractivity contribution in [3.63, 3.8) is 0 Å². The van der Waals surface area contributed by atoms with E-state index in [0.29, 0.717) is 0 Å². The van der Waals surface area contributed by atoms with Crippen LogP contribution in [0.3, 0.4) is 0 Å². The van der Waals surface area contributed by atoms with Gasteiger partial charge in [-0.25, -0.2) is 0 Å². The van der Waals surface area contributed by atoms with E-state index in [-0.39, 0.29) is 6.04 Å². The fraction of sp³-hybridized carbons (Fsp3) is 0.357. The molecular formula is C14H18BrN3. The molecule has 1 aromatic carbocycles. The van der Waals surface area contributed by atoms with Gasteiger partial charge in [-0.15, -0.1) is 0 Å². The van der Waals surface area contributed by atoms with Crippen molar-refractivity contribution >= 4 is 15.9 Å². The number of rotatable bonds is 4. The predicted octanol–water partition coefficient (Wildman–Crippen LogP) is 3.05. The maximum Gasteiger partial charge on any atom is 0.0757 e. The van der Waals surface area contributed by atoms with E-state index in [2.05, 4.69) is 57.5 Å². The highest BCUT2D eigenvalue weighted by atomic mass is 79.9. The molecule has 0 fully saturated rings. The van der Waals surface area contributed by atoms with Crippen molar-refractivity contribution in [3.8, 4) is 0 Å². The first-order valence-electron chi connectivity index (χ1n) is 6.10. The zero-order chi connectivity index (χ0) is 13.1. The lowest BCUT2D eigenvalue weighted by molar-refractivity contribution is 0.604. The third-order valence-corrected chi connectivity index (χ3v) is 3.83. The first-order chi connectivity index (χ1) is 8.67. The Labute approximate surface area is 116 Å². The second kappa shape index (κ2) is 5.67. The monoisotopic (exact) mass is 307 g/mol. The van der Waals surface area contributed by atoms with Crippen LogP contribution in [-0.2, 0) is 13.5 Å². The maximum atomic E-state index is 4.27. The number of aryl methyl sites for hydroxylation is 2. The molecule has 0 spiro atoms. The Morgan fingerprint density at radius 1 is 1.33 bits per heavy atom. The van der Waals surface area contributed by atoms with Crippen molar-refractivity contribution in [2.45, 2.75) is 19.4 Å². The molecule has 0 aliphatic rings. The van der Waals surface area contributed by atoms with Crippen LogP contribution in [-0.4, -0.2) is 16.8 Å². The Bertz CT molecular complexity index is 497. The predicted molar refractivity (Wildman–Crippen MR) is 77.6 cm³/mol. The van der Waals surface area contributed by atoms with E-state index in [4.69, 9.17) is 0 Å². The molecule has 1 atom stereocenters. The van der Waals surface area contributed by atoms with Gasteiger partial charge in [-0.05, 0) is 40.5 Å². The molecule has 3 nitrogen and oxygen atoms in total. The first kappa shape index (κ1) is 13.3. The quantitative estimate of drug-likeness (QED) is 0.941. The van der Waals surface area contributed by atoms with Gasteiger partial charge in [0.25, 0.3) is 0 Å². The summed E-state index contributed by atoms with van der Waals surface area (Å²) in [5.74, 6) is 0. The molecule has 0 aliphatic heterocycles. The van der Waals surface area contributed by atoms with Crippen LogP contribution in [0.2, 0.25) is 0 Å². The van der Waals surface area contributed by atoms with Crippen molar-refractivity contribution in [2.75, 3.05) is 7.05 Å². The molecule has 0 aliphatic carbocycles. The molecule has 2 rings (SSSR count). The van der Waals surface area contributed by atoms with Crippen LogP contribution in [0, 0.1) is 0 Å². The van der Waals surface area contributed by atoms with Crippen molar-refractivity contribution in [2.24, 2.45) is 7.05 Å². The lowest BCUT2D eigenvalue weighted by Crippen LogP contribution is -2.21. The normalized spacial score (nSPS) is 12.7. The van der Waals surface area contributed by atoms with Crippen LogP contribution in [0.5, 0.6) is 0 Å². The van der Waals surface area contributed by atoms with Crippen molar-refractivity contribution in [1.82, 2.24) is 15.1 Å². The highest BCUT2D eigenvalue weighted by molar-refractivity contribution is 9.10. The van der Waals surface area contributed by atoms with Crippen molar-refractivity contribution < 1.29 is 0 Å². The Kier molecular flexibility index (Phi) is 4.19. The molecule has 2 aromatic rings. The fourth-order valence-electron chi connectivity index (χ4n) is 2.15. The zero-order valence-electron chi connectivity index (χ0n) is 10.9. The lowest BCUT2D eigenvalue weighted by Gasteiger charge is -2.18. The molecule has 96 valence electrons. The summed E-state index contributed by atoms with van der Waals surface area (Å²) in [7, 11) is 3.93. The van der Waals surface area contributed by atoms with Gasteiger partial charge in [-0.2, -0.15) is 5.10 Å². The smallest absolute Gasteiger partial charge is 0.0757 e. The molecule has 0 amide bonds. The Morgan fingerprint density at radius 3 is 2.44 bits per heavy atom. The first-order valence-corrected chi connectivity index (χ1v) is 6.90. The van der Waals surface area contributed by atoms with Crippen molar-refractivity contribution in [1.29, 1.82) is 0 Å². The third-order valence-electron chi connectivity index (χ3n) is 3.22. The summed E-state index contributed by atoms with van der Waals surface area (Å²) in [5, 5.41) is 7.62.